The van der Waals surface area contributed by atoms with Crippen molar-refractivity contribution in [2.45, 2.75) is 40.0 Å². The van der Waals surface area contributed by atoms with E-state index >= 15 is 0 Å². The first kappa shape index (κ1) is 18.2. The summed E-state index contributed by atoms with van der Waals surface area (Å²) in [4.78, 5) is 25.5. The average Bonchev–Trinajstić information content (AvgIpc) is 2.80. The summed E-state index contributed by atoms with van der Waals surface area (Å²) in [6, 6.07) is 7.53. The van der Waals surface area contributed by atoms with Crippen molar-refractivity contribution in [1.82, 2.24) is 0 Å². The van der Waals surface area contributed by atoms with E-state index in [-0.39, 0.29) is 11.3 Å². The van der Waals surface area contributed by atoms with Crippen LogP contribution >= 0.6 is 11.3 Å². The van der Waals surface area contributed by atoms with Crippen LogP contribution in [0.2, 0.25) is 0 Å². The van der Waals surface area contributed by atoms with Crippen molar-refractivity contribution < 1.29 is 14.3 Å². The second-order valence-electron chi connectivity index (χ2n) is 6.76. The Morgan fingerprint density at radius 2 is 1.67 bits per heavy atom. The molecule has 1 aromatic carbocycles. The largest absolute Gasteiger partial charge is 0.465 e. The molecule has 4 nitrogen and oxygen atoms in total. The molecule has 0 radical (unpaired) electrons. The maximum Gasteiger partial charge on any atom is 0.341 e. The number of hydrogen-bond donors (Lipinski definition) is 1. The highest BCUT2D eigenvalue weighted by molar-refractivity contribution is 7.16. The standard InChI is InChI=1S/C19H23NO3S/c1-11-12(2)24-17(15(11)18(22)23-6)20-16(21)13-7-9-14(10-8-13)19(3,4)5/h7-10H,1-6H3,(H,20,21). The number of nitrogens with one attached hydrogen (secondary N) is 1. The number of aryl methyl sites for hydroxylation is 1. The third-order valence-electron chi connectivity index (χ3n) is 4.02. The molecule has 0 aliphatic rings. The molecule has 0 fully saturated rings. The van der Waals surface area contributed by atoms with Gasteiger partial charge >= 0.3 is 5.97 Å². The fraction of sp³-hybridized carbons (Fsp3) is 0.368. The Morgan fingerprint density at radius 1 is 1.08 bits per heavy atom. The zero-order valence-corrected chi connectivity index (χ0v) is 15.8. The van der Waals surface area contributed by atoms with E-state index in [9.17, 15) is 9.59 Å². The molecule has 1 heterocycles. The summed E-state index contributed by atoms with van der Waals surface area (Å²) in [7, 11) is 1.34. The number of carbonyl (C=O) groups is 2. The molecular weight excluding hydrogens is 322 g/mol. The highest BCUT2D eigenvalue weighted by atomic mass is 32.1. The Bertz CT molecular complexity index is 767. The van der Waals surface area contributed by atoms with Crippen LogP contribution in [0.25, 0.3) is 0 Å². The fourth-order valence-corrected chi connectivity index (χ4v) is 3.40. The number of benzene rings is 1. The van der Waals surface area contributed by atoms with Gasteiger partial charge in [-0.25, -0.2) is 4.79 Å². The van der Waals surface area contributed by atoms with E-state index in [0.29, 0.717) is 16.1 Å². The van der Waals surface area contributed by atoms with Crippen LogP contribution in [0.1, 0.15) is 57.5 Å². The summed E-state index contributed by atoms with van der Waals surface area (Å²) in [5.41, 5.74) is 3.03. The van der Waals surface area contributed by atoms with Gasteiger partial charge in [0.2, 0.25) is 0 Å². The minimum Gasteiger partial charge on any atom is -0.465 e. The predicted octanol–water partition coefficient (Wildman–Crippen LogP) is 4.70. The highest BCUT2D eigenvalue weighted by Crippen LogP contribution is 2.33. The number of anilines is 1. The van der Waals surface area contributed by atoms with Crippen molar-refractivity contribution in [2.24, 2.45) is 0 Å². The molecule has 1 N–H and O–H groups in total. The Hall–Kier alpha value is -2.14. The third kappa shape index (κ3) is 3.67. The van der Waals surface area contributed by atoms with Crippen LogP contribution in [0.4, 0.5) is 5.00 Å². The van der Waals surface area contributed by atoms with Gasteiger partial charge in [0.1, 0.15) is 5.00 Å². The summed E-state index contributed by atoms with van der Waals surface area (Å²) >= 11 is 1.38. The van der Waals surface area contributed by atoms with Crippen LogP contribution in [0.3, 0.4) is 0 Å². The summed E-state index contributed by atoms with van der Waals surface area (Å²) < 4.78 is 4.83. The first-order valence-electron chi connectivity index (χ1n) is 7.75. The topological polar surface area (TPSA) is 55.4 Å². The van der Waals surface area contributed by atoms with Crippen molar-refractivity contribution in [1.29, 1.82) is 0 Å². The predicted molar refractivity (Wildman–Crippen MR) is 98.2 cm³/mol. The van der Waals surface area contributed by atoms with Crippen LogP contribution in [-0.2, 0) is 10.2 Å². The van der Waals surface area contributed by atoms with Crippen molar-refractivity contribution in [3.63, 3.8) is 0 Å². The van der Waals surface area contributed by atoms with Gasteiger partial charge in [0.25, 0.3) is 5.91 Å². The highest BCUT2D eigenvalue weighted by Gasteiger charge is 2.22. The lowest BCUT2D eigenvalue weighted by Crippen LogP contribution is -2.15. The van der Waals surface area contributed by atoms with Gasteiger partial charge in [-0.3, -0.25) is 4.79 Å². The number of esters is 1. The molecule has 0 unspecified atom stereocenters. The van der Waals surface area contributed by atoms with Gasteiger partial charge < -0.3 is 10.1 Å². The monoisotopic (exact) mass is 345 g/mol. The quantitative estimate of drug-likeness (QED) is 0.820. The van der Waals surface area contributed by atoms with E-state index in [1.165, 1.54) is 18.4 Å². The number of thiophene rings is 1. The van der Waals surface area contributed by atoms with Crippen LogP contribution in [0, 0.1) is 13.8 Å². The molecule has 0 bridgehead atoms. The Kier molecular flexibility index (Phi) is 5.13. The van der Waals surface area contributed by atoms with Gasteiger partial charge in [0, 0.05) is 10.4 Å². The van der Waals surface area contributed by atoms with Gasteiger partial charge in [0.05, 0.1) is 12.7 Å². The zero-order chi connectivity index (χ0) is 18.1. The van der Waals surface area contributed by atoms with E-state index < -0.39 is 5.97 Å². The third-order valence-corrected chi connectivity index (χ3v) is 5.14. The van der Waals surface area contributed by atoms with Gasteiger partial charge in [-0.2, -0.15) is 0 Å². The Labute approximate surface area is 146 Å². The Balaban J connectivity index is 2.27. The number of carbonyl (C=O) groups excluding carboxylic acids is 2. The molecule has 0 saturated carbocycles. The second-order valence-corrected chi connectivity index (χ2v) is 7.99. The minimum absolute atomic E-state index is 0.0367. The van der Waals surface area contributed by atoms with Crippen LogP contribution < -0.4 is 5.32 Å². The molecule has 1 aromatic heterocycles. The second kappa shape index (κ2) is 6.77. The van der Waals surface area contributed by atoms with Crippen molar-refractivity contribution in [2.75, 3.05) is 12.4 Å². The lowest BCUT2D eigenvalue weighted by atomic mass is 9.87. The molecular formula is C19H23NO3S. The van der Waals surface area contributed by atoms with Gasteiger partial charge in [-0.15, -0.1) is 11.3 Å². The summed E-state index contributed by atoms with van der Waals surface area (Å²) in [5.74, 6) is -0.669. The molecule has 128 valence electrons. The van der Waals surface area contributed by atoms with Crippen molar-refractivity contribution in [3.05, 3.63) is 51.4 Å². The molecule has 0 spiro atoms. The number of rotatable bonds is 3. The van der Waals surface area contributed by atoms with Crippen LogP contribution in [0.5, 0.6) is 0 Å². The van der Waals surface area contributed by atoms with E-state index in [1.54, 1.807) is 12.1 Å². The molecule has 0 aliphatic carbocycles. The Morgan fingerprint density at radius 3 is 2.17 bits per heavy atom. The number of ether oxygens (including phenoxy) is 1. The average molecular weight is 345 g/mol. The van der Waals surface area contributed by atoms with Crippen molar-refractivity contribution >= 4 is 28.2 Å². The molecule has 0 aliphatic heterocycles. The number of methoxy groups -OCH3 is 1. The molecule has 2 rings (SSSR count). The lowest BCUT2D eigenvalue weighted by molar-refractivity contribution is 0.0601. The van der Waals surface area contributed by atoms with E-state index in [2.05, 4.69) is 26.1 Å². The van der Waals surface area contributed by atoms with Gasteiger partial charge in [-0.05, 0) is 42.5 Å². The zero-order valence-electron chi connectivity index (χ0n) is 14.9. The SMILES string of the molecule is COC(=O)c1c(NC(=O)c2ccc(C(C)(C)C)cc2)sc(C)c1C. The molecule has 24 heavy (non-hydrogen) atoms. The molecule has 1 amide bonds. The van der Waals surface area contributed by atoms with Gasteiger partial charge in [0.15, 0.2) is 0 Å². The van der Waals surface area contributed by atoms with Gasteiger partial charge in [-0.1, -0.05) is 32.9 Å². The maximum absolute atomic E-state index is 12.5. The smallest absolute Gasteiger partial charge is 0.341 e. The summed E-state index contributed by atoms with van der Waals surface area (Å²) in [6.45, 7) is 10.2. The normalized spacial score (nSPS) is 11.2. The molecule has 2 aromatic rings. The summed E-state index contributed by atoms with van der Waals surface area (Å²) in [6.07, 6.45) is 0. The molecule has 5 heteroatoms. The lowest BCUT2D eigenvalue weighted by Gasteiger charge is -2.19. The maximum atomic E-state index is 12.5. The first-order valence-corrected chi connectivity index (χ1v) is 8.57. The number of amides is 1. The molecule has 0 saturated heterocycles. The first-order chi connectivity index (χ1) is 11.1. The van der Waals surface area contributed by atoms with E-state index in [4.69, 9.17) is 4.74 Å². The minimum atomic E-state index is -0.435. The number of hydrogen-bond acceptors (Lipinski definition) is 4. The van der Waals surface area contributed by atoms with E-state index in [0.717, 1.165) is 16.0 Å². The fourth-order valence-electron chi connectivity index (χ4n) is 2.36. The summed E-state index contributed by atoms with van der Waals surface area (Å²) in [5, 5.41) is 3.37. The van der Waals surface area contributed by atoms with Crippen molar-refractivity contribution in [3.8, 4) is 0 Å². The van der Waals surface area contributed by atoms with Crippen LogP contribution in [0.15, 0.2) is 24.3 Å². The van der Waals surface area contributed by atoms with E-state index in [1.807, 2.05) is 26.0 Å². The van der Waals surface area contributed by atoms with Crippen LogP contribution in [-0.4, -0.2) is 19.0 Å². The molecule has 0 atom stereocenters.